The number of nitrogens with one attached hydrogen (secondary N) is 1. The van der Waals surface area contributed by atoms with Crippen LogP contribution in [0.15, 0.2) is 10.7 Å². The lowest BCUT2D eigenvalue weighted by atomic mass is 9.85. The van der Waals surface area contributed by atoms with E-state index in [0.29, 0.717) is 29.0 Å². The molecule has 0 radical (unpaired) electrons. The Morgan fingerprint density at radius 2 is 2.20 bits per heavy atom. The molecule has 7 nitrogen and oxygen atoms in total. The highest BCUT2D eigenvalue weighted by Gasteiger charge is 2.29. The van der Waals surface area contributed by atoms with E-state index < -0.39 is 0 Å². The summed E-state index contributed by atoms with van der Waals surface area (Å²) in [4.78, 5) is 4.42. The van der Waals surface area contributed by atoms with Crippen molar-refractivity contribution in [3.63, 3.8) is 0 Å². The predicted octanol–water partition coefficient (Wildman–Crippen LogP) is 2.31. The second-order valence-corrected chi connectivity index (χ2v) is 5.21. The van der Waals surface area contributed by atoms with E-state index >= 15 is 0 Å². The molecule has 1 atom stereocenters. The van der Waals surface area contributed by atoms with E-state index in [1.165, 1.54) is 19.3 Å². The Bertz CT molecular complexity index is 559. The van der Waals surface area contributed by atoms with Crippen LogP contribution in [-0.4, -0.2) is 27.4 Å². The van der Waals surface area contributed by atoms with Crippen LogP contribution in [0.2, 0.25) is 0 Å². The second-order valence-electron chi connectivity index (χ2n) is 5.21. The number of rotatable bonds is 4. The Kier molecular flexibility index (Phi) is 3.68. The van der Waals surface area contributed by atoms with Crippen LogP contribution in [0.3, 0.4) is 0 Å². The number of anilines is 1. The number of nitrogen functional groups attached to an aromatic ring is 1. The standard InChI is InChI=1S/C13H19N5O2/c1-19-10(8-5-3-2-4-6-8)12-16-13(20-18-12)9-7-15-17-11(9)14/h7-8,10H,2-6H2,1H3,(H3,14,15,17). The summed E-state index contributed by atoms with van der Waals surface area (Å²) in [5.74, 6) is 1.85. The first-order valence-corrected chi connectivity index (χ1v) is 6.95. The molecular formula is C13H19N5O2. The van der Waals surface area contributed by atoms with Crippen LogP contribution < -0.4 is 5.73 Å². The summed E-state index contributed by atoms with van der Waals surface area (Å²) in [5.41, 5.74) is 6.38. The summed E-state index contributed by atoms with van der Waals surface area (Å²) in [6, 6.07) is 0. The van der Waals surface area contributed by atoms with Gasteiger partial charge in [-0.3, -0.25) is 5.10 Å². The molecule has 0 spiro atoms. The third-order valence-corrected chi connectivity index (χ3v) is 3.93. The molecule has 1 aliphatic rings. The largest absolute Gasteiger partial charge is 0.383 e. The minimum Gasteiger partial charge on any atom is -0.383 e. The molecule has 2 heterocycles. The first kappa shape index (κ1) is 13.1. The van der Waals surface area contributed by atoms with E-state index in [-0.39, 0.29) is 6.10 Å². The molecule has 0 bridgehead atoms. The zero-order valence-corrected chi connectivity index (χ0v) is 11.5. The van der Waals surface area contributed by atoms with Gasteiger partial charge in [0.2, 0.25) is 5.82 Å². The monoisotopic (exact) mass is 277 g/mol. The van der Waals surface area contributed by atoms with Gasteiger partial charge < -0.3 is 15.0 Å². The van der Waals surface area contributed by atoms with Gasteiger partial charge in [0.05, 0.1) is 6.20 Å². The molecule has 1 unspecified atom stereocenters. The molecule has 3 rings (SSSR count). The van der Waals surface area contributed by atoms with Crippen molar-refractivity contribution in [3.8, 4) is 11.5 Å². The fourth-order valence-corrected chi connectivity index (χ4v) is 2.87. The molecule has 0 aliphatic heterocycles. The summed E-state index contributed by atoms with van der Waals surface area (Å²) in [6.07, 6.45) is 7.55. The number of ether oxygens (including phenoxy) is 1. The van der Waals surface area contributed by atoms with Gasteiger partial charge in [-0.2, -0.15) is 10.1 Å². The van der Waals surface area contributed by atoms with Crippen LogP contribution >= 0.6 is 0 Å². The smallest absolute Gasteiger partial charge is 0.263 e. The van der Waals surface area contributed by atoms with Crippen LogP contribution in [0.4, 0.5) is 5.82 Å². The van der Waals surface area contributed by atoms with Crippen molar-refractivity contribution in [1.82, 2.24) is 20.3 Å². The van der Waals surface area contributed by atoms with Crippen LogP contribution in [0, 0.1) is 5.92 Å². The summed E-state index contributed by atoms with van der Waals surface area (Å²) in [5, 5.41) is 10.6. The second kappa shape index (κ2) is 5.62. The highest BCUT2D eigenvalue weighted by Crippen LogP contribution is 2.36. The number of aromatic nitrogens is 4. The van der Waals surface area contributed by atoms with Gasteiger partial charge in [0, 0.05) is 7.11 Å². The molecule has 1 fully saturated rings. The summed E-state index contributed by atoms with van der Waals surface area (Å²) in [7, 11) is 1.70. The van der Waals surface area contributed by atoms with Crippen molar-refractivity contribution < 1.29 is 9.26 Å². The molecule has 3 N–H and O–H groups in total. The van der Waals surface area contributed by atoms with Gasteiger partial charge in [0.1, 0.15) is 17.5 Å². The van der Waals surface area contributed by atoms with Gasteiger partial charge in [-0.25, -0.2) is 0 Å². The zero-order chi connectivity index (χ0) is 13.9. The van der Waals surface area contributed by atoms with Gasteiger partial charge in [-0.05, 0) is 18.8 Å². The quantitative estimate of drug-likeness (QED) is 0.888. The zero-order valence-electron chi connectivity index (χ0n) is 11.5. The van der Waals surface area contributed by atoms with Crippen molar-refractivity contribution in [3.05, 3.63) is 12.0 Å². The van der Waals surface area contributed by atoms with Crippen LogP contribution in [0.1, 0.15) is 44.0 Å². The molecular weight excluding hydrogens is 258 g/mol. The predicted molar refractivity (Wildman–Crippen MR) is 72.6 cm³/mol. The summed E-state index contributed by atoms with van der Waals surface area (Å²) >= 11 is 0. The van der Waals surface area contributed by atoms with Crippen molar-refractivity contribution >= 4 is 5.82 Å². The van der Waals surface area contributed by atoms with Crippen molar-refractivity contribution in [1.29, 1.82) is 0 Å². The maximum Gasteiger partial charge on any atom is 0.263 e. The maximum atomic E-state index is 5.76. The van der Waals surface area contributed by atoms with Crippen LogP contribution in [0.5, 0.6) is 0 Å². The number of nitrogens with two attached hydrogens (primary N) is 1. The average molecular weight is 277 g/mol. The van der Waals surface area contributed by atoms with Crippen molar-refractivity contribution in [2.24, 2.45) is 5.92 Å². The summed E-state index contributed by atoms with van der Waals surface area (Å²) in [6.45, 7) is 0. The first-order chi connectivity index (χ1) is 9.79. The molecule has 1 saturated carbocycles. The molecule has 0 amide bonds. The number of hydrogen-bond donors (Lipinski definition) is 2. The number of H-pyrrole nitrogens is 1. The first-order valence-electron chi connectivity index (χ1n) is 6.95. The van der Waals surface area contributed by atoms with E-state index in [9.17, 15) is 0 Å². The summed E-state index contributed by atoms with van der Waals surface area (Å²) < 4.78 is 10.9. The Morgan fingerprint density at radius 1 is 1.40 bits per heavy atom. The Morgan fingerprint density at radius 3 is 2.85 bits per heavy atom. The van der Waals surface area contributed by atoms with E-state index in [4.69, 9.17) is 15.0 Å². The van der Waals surface area contributed by atoms with Gasteiger partial charge in [0.15, 0.2) is 0 Å². The van der Waals surface area contributed by atoms with Crippen molar-refractivity contribution in [2.45, 2.75) is 38.2 Å². The number of methoxy groups -OCH3 is 1. The lowest BCUT2D eigenvalue weighted by molar-refractivity contribution is 0.0274. The fraction of sp³-hybridized carbons (Fsp3) is 0.615. The Hall–Kier alpha value is -1.89. The SMILES string of the molecule is COC(c1noc(-c2cn[nH]c2N)n1)C1CCCCC1. The fourth-order valence-electron chi connectivity index (χ4n) is 2.87. The number of nitrogens with zero attached hydrogens (tertiary/aromatic N) is 3. The van der Waals surface area contributed by atoms with E-state index in [1.54, 1.807) is 13.3 Å². The maximum absolute atomic E-state index is 5.76. The molecule has 2 aromatic rings. The van der Waals surface area contributed by atoms with Gasteiger partial charge in [0.25, 0.3) is 5.89 Å². The molecule has 20 heavy (non-hydrogen) atoms. The van der Waals surface area contributed by atoms with E-state index in [1.807, 2.05) is 0 Å². The third-order valence-electron chi connectivity index (χ3n) is 3.93. The highest BCUT2D eigenvalue weighted by atomic mass is 16.5. The van der Waals surface area contributed by atoms with Crippen molar-refractivity contribution in [2.75, 3.05) is 12.8 Å². The molecule has 7 heteroatoms. The average Bonchev–Trinajstić information content (AvgIpc) is 3.10. The third kappa shape index (κ3) is 2.40. The molecule has 2 aromatic heterocycles. The van der Waals surface area contributed by atoms with Crippen LogP contribution in [-0.2, 0) is 4.74 Å². The topological polar surface area (TPSA) is 103 Å². The van der Waals surface area contributed by atoms with E-state index in [0.717, 1.165) is 12.8 Å². The lowest BCUT2D eigenvalue weighted by Gasteiger charge is -2.26. The lowest BCUT2D eigenvalue weighted by Crippen LogP contribution is -2.19. The Balaban J connectivity index is 1.82. The highest BCUT2D eigenvalue weighted by molar-refractivity contribution is 5.65. The number of aromatic amines is 1. The Labute approximate surface area is 116 Å². The number of hydrogen-bond acceptors (Lipinski definition) is 6. The van der Waals surface area contributed by atoms with Crippen LogP contribution in [0.25, 0.3) is 11.5 Å². The molecule has 108 valence electrons. The molecule has 1 aliphatic carbocycles. The molecule has 0 aromatic carbocycles. The van der Waals surface area contributed by atoms with Gasteiger partial charge >= 0.3 is 0 Å². The minimum atomic E-state index is -0.110. The minimum absolute atomic E-state index is 0.110. The molecule has 0 saturated heterocycles. The normalized spacial score (nSPS) is 18.2. The van der Waals surface area contributed by atoms with E-state index in [2.05, 4.69) is 20.3 Å². The van der Waals surface area contributed by atoms with Gasteiger partial charge in [-0.1, -0.05) is 24.4 Å². The van der Waals surface area contributed by atoms with Gasteiger partial charge in [-0.15, -0.1) is 0 Å².